The lowest BCUT2D eigenvalue weighted by Gasteiger charge is -2.29. The van der Waals surface area contributed by atoms with Gasteiger partial charge >= 0.3 is 0 Å². The fourth-order valence-corrected chi connectivity index (χ4v) is 2.06. The summed E-state index contributed by atoms with van der Waals surface area (Å²) in [5, 5.41) is 0. The van der Waals surface area contributed by atoms with Gasteiger partial charge in [0.15, 0.2) is 0 Å². The predicted octanol–water partition coefficient (Wildman–Crippen LogP) is 2.36. The van der Waals surface area contributed by atoms with E-state index in [0.717, 1.165) is 13.1 Å². The fourth-order valence-electron chi connectivity index (χ4n) is 1.78. The van der Waals surface area contributed by atoms with E-state index in [2.05, 4.69) is 30.9 Å². The van der Waals surface area contributed by atoms with Crippen molar-refractivity contribution in [3.8, 4) is 0 Å². The molecule has 1 unspecified atom stereocenters. The van der Waals surface area contributed by atoms with Gasteiger partial charge in [-0.25, -0.2) is 0 Å². The van der Waals surface area contributed by atoms with Gasteiger partial charge in [-0.3, -0.25) is 4.90 Å². The number of rotatable bonds is 5. The Morgan fingerprint density at radius 2 is 1.80 bits per heavy atom. The molecule has 0 saturated carbocycles. The summed E-state index contributed by atoms with van der Waals surface area (Å²) in [6.45, 7) is 6.15. The Kier molecular flexibility index (Phi) is 4.72. The summed E-state index contributed by atoms with van der Waals surface area (Å²) in [6, 6.07) is 10.2. The van der Waals surface area contributed by atoms with Crippen LogP contribution in [0.4, 0.5) is 0 Å². The molecule has 82 valence electrons. The van der Waals surface area contributed by atoms with Gasteiger partial charge in [0.1, 0.15) is 0 Å². The molecule has 2 nitrogen and oxygen atoms in total. The van der Waals surface area contributed by atoms with Gasteiger partial charge in [-0.2, -0.15) is 0 Å². The van der Waals surface area contributed by atoms with Gasteiger partial charge in [-0.05, 0) is 18.7 Å². The molecule has 0 saturated heterocycles. The Hall–Kier alpha value is -0.930. The molecule has 0 aliphatic carbocycles. The zero-order valence-corrected chi connectivity index (χ0v) is 10.1. The van der Waals surface area contributed by atoms with Gasteiger partial charge < -0.3 is 5.73 Å². The normalized spacial score (nSPS) is 12.7. The average Bonchev–Trinajstić information content (AvgIpc) is 2.26. The van der Waals surface area contributed by atoms with Crippen molar-refractivity contribution >= 4 is 17.2 Å². The molecular weight excluding hydrogens is 204 g/mol. The summed E-state index contributed by atoms with van der Waals surface area (Å²) in [5.74, 6) is 0. The van der Waals surface area contributed by atoms with Gasteiger partial charge in [0.25, 0.3) is 0 Å². The Balaban J connectivity index is 2.97. The van der Waals surface area contributed by atoms with Crippen molar-refractivity contribution in [1.29, 1.82) is 0 Å². The van der Waals surface area contributed by atoms with Crippen LogP contribution in [0.1, 0.15) is 25.5 Å². The first-order valence-electron chi connectivity index (χ1n) is 5.29. The minimum absolute atomic E-state index is 0.0659. The lowest BCUT2D eigenvalue weighted by Crippen LogP contribution is -2.36. The van der Waals surface area contributed by atoms with Crippen LogP contribution in [0.15, 0.2) is 30.3 Å². The molecule has 1 aromatic carbocycles. The lowest BCUT2D eigenvalue weighted by molar-refractivity contribution is 0.272. The van der Waals surface area contributed by atoms with E-state index in [1.165, 1.54) is 5.56 Å². The minimum Gasteiger partial charge on any atom is -0.392 e. The minimum atomic E-state index is 0.0659. The van der Waals surface area contributed by atoms with E-state index < -0.39 is 0 Å². The average molecular weight is 222 g/mol. The molecule has 2 N–H and O–H groups in total. The van der Waals surface area contributed by atoms with Gasteiger partial charge in [0.05, 0.1) is 11.0 Å². The first-order chi connectivity index (χ1) is 7.20. The molecule has 1 atom stereocenters. The number of hydrogen-bond donors (Lipinski definition) is 1. The second kappa shape index (κ2) is 5.83. The Morgan fingerprint density at radius 1 is 1.27 bits per heavy atom. The van der Waals surface area contributed by atoms with Gasteiger partial charge in [-0.15, -0.1) is 0 Å². The molecule has 0 spiro atoms. The van der Waals surface area contributed by atoms with Crippen LogP contribution >= 0.6 is 12.2 Å². The fraction of sp³-hybridized carbons (Fsp3) is 0.417. The molecule has 0 heterocycles. The standard InChI is InChI=1S/C12H18N2S/c1-3-14(4-2)11(12(13)15)10-8-6-5-7-9-10/h5-9,11H,3-4H2,1-2H3,(H2,13,15). The molecule has 15 heavy (non-hydrogen) atoms. The number of benzene rings is 1. The second-order valence-corrected chi connectivity index (χ2v) is 3.91. The van der Waals surface area contributed by atoms with Crippen LogP contribution < -0.4 is 5.73 Å². The van der Waals surface area contributed by atoms with Crippen LogP contribution in [0.2, 0.25) is 0 Å². The Morgan fingerprint density at radius 3 is 2.20 bits per heavy atom. The Bertz CT molecular complexity index is 307. The number of nitrogens with two attached hydrogens (primary N) is 1. The smallest absolute Gasteiger partial charge is 0.0948 e. The van der Waals surface area contributed by atoms with Gasteiger partial charge in [0, 0.05) is 0 Å². The van der Waals surface area contributed by atoms with Crippen molar-refractivity contribution in [2.75, 3.05) is 13.1 Å². The van der Waals surface area contributed by atoms with Crippen LogP contribution in [0.5, 0.6) is 0 Å². The van der Waals surface area contributed by atoms with Crippen molar-refractivity contribution in [1.82, 2.24) is 4.90 Å². The van der Waals surface area contributed by atoms with Crippen LogP contribution in [-0.2, 0) is 0 Å². The molecule has 0 fully saturated rings. The maximum atomic E-state index is 5.81. The van der Waals surface area contributed by atoms with Crippen molar-refractivity contribution < 1.29 is 0 Å². The predicted molar refractivity (Wildman–Crippen MR) is 68.9 cm³/mol. The number of thiocarbonyl (C=S) groups is 1. The Labute approximate surface area is 97.1 Å². The topological polar surface area (TPSA) is 29.3 Å². The monoisotopic (exact) mass is 222 g/mol. The van der Waals surface area contributed by atoms with Crippen molar-refractivity contribution in [3.63, 3.8) is 0 Å². The SMILES string of the molecule is CCN(CC)C(C(N)=S)c1ccccc1. The number of likely N-dealkylation sites (N-methyl/N-ethyl adjacent to an activating group) is 1. The first kappa shape index (κ1) is 12.1. The zero-order valence-electron chi connectivity index (χ0n) is 9.31. The summed E-state index contributed by atoms with van der Waals surface area (Å²) >= 11 is 5.14. The quantitative estimate of drug-likeness (QED) is 0.775. The number of hydrogen-bond acceptors (Lipinski definition) is 2. The molecule has 0 aliphatic heterocycles. The van der Waals surface area contributed by atoms with Gasteiger partial charge in [-0.1, -0.05) is 56.4 Å². The van der Waals surface area contributed by atoms with E-state index >= 15 is 0 Å². The third-order valence-corrected chi connectivity index (χ3v) is 2.79. The highest BCUT2D eigenvalue weighted by Gasteiger charge is 2.19. The van der Waals surface area contributed by atoms with E-state index in [0.29, 0.717) is 4.99 Å². The molecule has 0 amide bonds. The highest BCUT2D eigenvalue weighted by atomic mass is 32.1. The molecule has 3 heteroatoms. The lowest BCUT2D eigenvalue weighted by atomic mass is 10.1. The summed E-state index contributed by atoms with van der Waals surface area (Å²) < 4.78 is 0. The van der Waals surface area contributed by atoms with Crippen LogP contribution in [0.25, 0.3) is 0 Å². The van der Waals surface area contributed by atoms with Crippen LogP contribution in [0, 0.1) is 0 Å². The molecule has 0 aromatic heterocycles. The zero-order chi connectivity index (χ0) is 11.3. The number of nitrogens with zero attached hydrogens (tertiary/aromatic N) is 1. The van der Waals surface area contributed by atoms with Gasteiger partial charge in [0.2, 0.25) is 0 Å². The largest absolute Gasteiger partial charge is 0.392 e. The van der Waals surface area contributed by atoms with E-state index in [1.54, 1.807) is 0 Å². The van der Waals surface area contributed by atoms with E-state index in [4.69, 9.17) is 18.0 Å². The maximum absolute atomic E-state index is 5.81. The van der Waals surface area contributed by atoms with Crippen LogP contribution in [0.3, 0.4) is 0 Å². The van der Waals surface area contributed by atoms with E-state index in [9.17, 15) is 0 Å². The van der Waals surface area contributed by atoms with Crippen molar-refractivity contribution in [2.45, 2.75) is 19.9 Å². The third kappa shape index (κ3) is 3.01. The molecular formula is C12H18N2S. The van der Waals surface area contributed by atoms with Crippen molar-refractivity contribution in [2.24, 2.45) is 5.73 Å². The van der Waals surface area contributed by atoms with Crippen molar-refractivity contribution in [3.05, 3.63) is 35.9 Å². The molecule has 0 bridgehead atoms. The summed E-state index contributed by atoms with van der Waals surface area (Å²) in [4.78, 5) is 2.81. The summed E-state index contributed by atoms with van der Waals surface area (Å²) in [7, 11) is 0. The molecule has 0 radical (unpaired) electrons. The molecule has 1 rings (SSSR count). The molecule has 1 aromatic rings. The maximum Gasteiger partial charge on any atom is 0.0948 e. The highest BCUT2D eigenvalue weighted by Crippen LogP contribution is 2.20. The molecule has 0 aliphatic rings. The van der Waals surface area contributed by atoms with E-state index in [1.807, 2.05) is 18.2 Å². The first-order valence-corrected chi connectivity index (χ1v) is 5.69. The van der Waals surface area contributed by atoms with E-state index in [-0.39, 0.29) is 6.04 Å². The summed E-state index contributed by atoms with van der Waals surface area (Å²) in [5.41, 5.74) is 6.99. The van der Waals surface area contributed by atoms with Crippen LogP contribution in [-0.4, -0.2) is 23.0 Å². The summed E-state index contributed by atoms with van der Waals surface area (Å²) in [6.07, 6.45) is 0. The highest BCUT2D eigenvalue weighted by molar-refractivity contribution is 7.80. The second-order valence-electron chi connectivity index (χ2n) is 3.44. The third-order valence-electron chi connectivity index (χ3n) is 2.56.